The molecule has 0 aliphatic carbocycles. The van der Waals surface area contributed by atoms with E-state index in [1.807, 2.05) is 0 Å². The number of carbonyl (C=O) groups excluding carboxylic acids is 1. The normalized spacial score (nSPS) is 11.1. The predicted octanol–water partition coefficient (Wildman–Crippen LogP) is 1.64. The second kappa shape index (κ2) is 8.08. The minimum Gasteiger partial charge on any atom is -0.375 e. The first-order valence-electron chi connectivity index (χ1n) is 5.92. The first kappa shape index (κ1) is 16.7. The summed E-state index contributed by atoms with van der Waals surface area (Å²) in [5.41, 5.74) is 0.874. The van der Waals surface area contributed by atoms with Crippen LogP contribution in [0.15, 0.2) is 24.3 Å². The van der Waals surface area contributed by atoms with Crippen LogP contribution in [0, 0.1) is 0 Å². The van der Waals surface area contributed by atoms with Gasteiger partial charge in [0.25, 0.3) is 0 Å². The Morgan fingerprint density at radius 3 is 2.70 bits per heavy atom. The van der Waals surface area contributed by atoms with Crippen molar-refractivity contribution in [3.05, 3.63) is 24.3 Å². The number of nitrogens with one attached hydrogen (secondary N) is 2. The number of ether oxygens (including phenoxy) is 1. The van der Waals surface area contributed by atoms with Gasteiger partial charge >= 0.3 is 0 Å². The lowest BCUT2D eigenvalue weighted by atomic mass is 10.3. The number of carbonyl (C=O) groups is 1. The molecule has 0 radical (unpaired) electrons. The Morgan fingerprint density at radius 1 is 1.35 bits per heavy atom. The van der Waals surface area contributed by atoms with Crippen molar-refractivity contribution in [2.24, 2.45) is 0 Å². The van der Waals surface area contributed by atoms with Crippen LogP contribution in [0.5, 0.6) is 0 Å². The Hall–Kier alpha value is -1.31. The molecule has 0 bridgehead atoms. The van der Waals surface area contributed by atoms with Crippen molar-refractivity contribution >= 4 is 38.9 Å². The summed E-state index contributed by atoms with van der Waals surface area (Å²) >= 11 is 5.47. The van der Waals surface area contributed by atoms with Crippen LogP contribution in [-0.2, 0) is 19.6 Å². The van der Waals surface area contributed by atoms with Crippen LogP contribution < -0.4 is 10.0 Å². The Balaban J connectivity index is 2.70. The smallest absolute Gasteiger partial charge is 0.250 e. The molecular weight excluding hydrogens is 304 g/mol. The standard InChI is InChI=1S/C12H17ClN2O4S/c1-19-9-12(16)14-10-4-2-5-11(8-10)15-20(17,18)7-3-6-13/h2,4-5,8,15H,3,6-7,9H2,1H3,(H,14,16). The SMILES string of the molecule is COCC(=O)Nc1cccc(NS(=O)(=O)CCCCl)c1. The summed E-state index contributed by atoms with van der Waals surface area (Å²) in [5, 5.41) is 2.59. The Morgan fingerprint density at radius 2 is 2.05 bits per heavy atom. The van der Waals surface area contributed by atoms with Gasteiger partial charge in [0.15, 0.2) is 0 Å². The molecule has 6 nitrogen and oxygen atoms in total. The van der Waals surface area contributed by atoms with E-state index in [-0.39, 0.29) is 24.1 Å². The summed E-state index contributed by atoms with van der Waals surface area (Å²) in [6.45, 7) is -0.0638. The molecule has 0 atom stereocenters. The fraction of sp³-hybridized carbons (Fsp3) is 0.417. The molecule has 8 heteroatoms. The van der Waals surface area contributed by atoms with E-state index < -0.39 is 10.0 Å². The molecule has 0 aliphatic rings. The number of rotatable bonds is 8. The highest BCUT2D eigenvalue weighted by Crippen LogP contribution is 2.16. The van der Waals surface area contributed by atoms with Gasteiger partial charge in [0.05, 0.1) is 11.4 Å². The van der Waals surface area contributed by atoms with Crippen molar-refractivity contribution in [1.29, 1.82) is 0 Å². The molecule has 1 rings (SSSR count). The van der Waals surface area contributed by atoms with Gasteiger partial charge < -0.3 is 10.1 Å². The maximum atomic E-state index is 11.7. The van der Waals surface area contributed by atoms with E-state index in [1.54, 1.807) is 18.2 Å². The van der Waals surface area contributed by atoms with Crippen LogP contribution >= 0.6 is 11.6 Å². The molecule has 0 saturated carbocycles. The molecule has 0 saturated heterocycles. The summed E-state index contributed by atoms with van der Waals surface area (Å²) in [6, 6.07) is 6.43. The molecule has 1 amide bonds. The molecule has 0 unspecified atom stereocenters. The second-order valence-electron chi connectivity index (χ2n) is 4.03. The van der Waals surface area contributed by atoms with Crippen LogP contribution in [-0.4, -0.2) is 39.7 Å². The molecule has 0 fully saturated rings. The Labute approximate surface area is 123 Å². The van der Waals surface area contributed by atoms with Crippen molar-refractivity contribution in [3.8, 4) is 0 Å². The monoisotopic (exact) mass is 320 g/mol. The zero-order valence-corrected chi connectivity index (χ0v) is 12.6. The molecule has 2 N–H and O–H groups in total. The molecule has 1 aromatic rings. The van der Waals surface area contributed by atoms with Gasteiger partial charge in [-0.15, -0.1) is 11.6 Å². The van der Waals surface area contributed by atoms with E-state index in [0.717, 1.165) is 0 Å². The van der Waals surface area contributed by atoms with Crippen molar-refractivity contribution in [1.82, 2.24) is 0 Å². The molecule has 0 heterocycles. The maximum absolute atomic E-state index is 11.7. The van der Waals surface area contributed by atoms with Gasteiger partial charge in [-0.2, -0.15) is 0 Å². The molecule has 1 aromatic carbocycles. The number of amides is 1. The Kier molecular flexibility index (Phi) is 6.77. The zero-order valence-electron chi connectivity index (χ0n) is 11.1. The van der Waals surface area contributed by atoms with Crippen LogP contribution in [0.3, 0.4) is 0 Å². The summed E-state index contributed by atoms with van der Waals surface area (Å²) < 4.78 is 30.6. The van der Waals surface area contributed by atoms with Gasteiger partial charge in [-0.25, -0.2) is 8.42 Å². The van der Waals surface area contributed by atoms with Crippen LogP contribution in [0.4, 0.5) is 11.4 Å². The second-order valence-corrected chi connectivity index (χ2v) is 6.25. The molecule has 112 valence electrons. The number of alkyl halides is 1. The third-order valence-electron chi connectivity index (χ3n) is 2.24. The minimum atomic E-state index is -3.42. The van der Waals surface area contributed by atoms with Crippen LogP contribution in [0.25, 0.3) is 0 Å². The fourth-order valence-corrected chi connectivity index (χ4v) is 2.87. The lowest BCUT2D eigenvalue weighted by molar-refractivity contribution is -0.119. The summed E-state index contributed by atoms with van der Waals surface area (Å²) in [4.78, 5) is 11.4. The number of hydrogen-bond acceptors (Lipinski definition) is 4. The number of hydrogen-bond donors (Lipinski definition) is 2. The number of anilines is 2. The highest BCUT2D eigenvalue weighted by molar-refractivity contribution is 7.92. The van der Waals surface area contributed by atoms with Gasteiger partial charge in [-0.3, -0.25) is 9.52 Å². The number of methoxy groups -OCH3 is 1. The molecule has 0 aromatic heterocycles. The summed E-state index contributed by atoms with van der Waals surface area (Å²) in [7, 11) is -2.01. The van der Waals surface area contributed by atoms with E-state index in [2.05, 4.69) is 10.0 Å². The quantitative estimate of drug-likeness (QED) is 0.713. The van der Waals surface area contributed by atoms with Gasteiger partial charge in [0.2, 0.25) is 15.9 Å². The number of halogens is 1. The van der Waals surface area contributed by atoms with Crippen molar-refractivity contribution in [2.45, 2.75) is 6.42 Å². The van der Waals surface area contributed by atoms with Gasteiger partial charge in [0, 0.05) is 18.7 Å². The molecular formula is C12H17ClN2O4S. The van der Waals surface area contributed by atoms with Gasteiger partial charge in [-0.1, -0.05) is 6.07 Å². The predicted molar refractivity (Wildman–Crippen MR) is 79.7 cm³/mol. The van der Waals surface area contributed by atoms with Gasteiger partial charge in [0.1, 0.15) is 6.61 Å². The largest absolute Gasteiger partial charge is 0.375 e. The lowest BCUT2D eigenvalue weighted by Crippen LogP contribution is -2.18. The number of sulfonamides is 1. The maximum Gasteiger partial charge on any atom is 0.250 e. The van der Waals surface area contributed by atoms with Crippen LogP contribution in [0.2, 0.25) is 0 Å². The van der Waals surface area contributed by atoms with E-state index in [9.17, 15) is 13.2 Å². The van der Waals surface area contributed by atoms with Crippen molar-refractivity contribution in [2.75, 3.05) is 35.4 Å². The summed E-state index contributed by atoms with van der Waals surface area (Å²) in [5.74, 6) is -0.0697. The van der Waals surface area contributed by atoms with E-state index in [0.29, 0.717) is 17.8 Å². The van der Waals surface area contributed by atoms with Crippen LogP contribution in [0.1, 0.15) is 6.42 Å². The van der Waals surface area contributed by atoms with E-state index >= 15 is 0 Å². The Bertz CT molecular complexity index is 548. The van der Waals surface area contributed by atoms with Crippen molar-refractivity contribution in [3.63, 3.8) is 0 Å². The highest BCUT2D eigenvalue weighted by Gasteiger charge is 2.10. The molecule has 0 spiro atoms. The minimum absolute atomic E-state index is 0.0449. The highest BCUT2D eigenvalue weighted by atomic mass is 35.5. The third-order valence-corrected chi connectivity index (χ3v) is 3.88. The van der Waals surface area contributed by atoms with Crippen molar-refractivity contribution < 1.29 is 17.9 Å². The number of benzene rings is 1. The third kappa shape index (κ3) is 6.23. The average molecular weight is 321 g/mol. The first-order chi connectivity index (χ1) is 9.46. The van der Waals surface area contributed by atoms with Gasteiger partial charge in [-0.05, 0) is 24.6 Å². The van der Waals surface area contributed by atoms with E-state index in [4.69, 9.17) is 16.3 Å². The molecule has 20 heavy (non-hydrogen) atoms. The first-order valence-corrected chi connectivity index (χ1v) is 8.11. The lowest BCUT2D eigenvalue weighted by Gasteiger charge is -2.09. The summed E-state index contributed by atoms with van der Waals surface area (Å²) in [6.07, 6.45) is 0.376. The topological polar surface area (TPSA) is 84.5 Å². The average Bonchev–Trinajstić information content (AvgIpc) is 2.36. The van der Waals surface area contributed by atoms with E-state index in [1.165, 1.54) is 13.2 Å². The zero-order chi connectivity index (χ0) is 15.0. The fourth-order valence-electron chi connectivity index (χ4n) is 1.46. The molecule has 0 aliphatic heterocycles.